The van der Waals surface area contributed by atoms with Crippen LogP contribution in [0.15, 0.2) is 33.5 Å². The number of aryl methyl sites for hydroxylation is 1. The molecule has 1 aromatic carbocycles. The Morgan fingerprint density at radius 1 is 1.40 bits per heavy atom. The Morgan fingerprint density at radius 3 is 2.85 bits per heavy atom. The van der Waals surface area contributed by atoms with Crippen molar-refractivity contribution in [1.29, 1.82) is 5.26 Å². The van der Waals surface area contributed by atoms with Crippen molar-refractivity contribution in [3.63, 3.8) is 0 Å². The van der Waals surface area contributed by atoms with Crippen molar-refractivity contribution in [1.82, 2.24) is 4.90 Å². The van der Waals surface area contributed by atoms with Crippen LogP contribution in [-0.2, 0) is 0 Å². The van der Waals surface area contributed by atoms with E-state index in [-0.39, 0.29) is 12.2 Å². The van der Waals surface area contributed by atoms with Crippen LogP contribution >= 0.6 is 0 Å². The van der Waals surface area contributed by atoms with Gasteiger partial charge in [0, 0.05) is 13.6 Å². The number of benzene rings is 1. The number of rotatable bonds is 3. The predicted molar refractivity (Wildman–Crippen MR) is 74.4 cm³/mol. The molecule has 0 spiro atoms. The van der Waals surface area contributed by atoms with Gasteiger partial charge in [0.05, 0.1) is 17.9 Å². The second kappa shape index (κ2) is 5.57. The molecule has 20 heavy (non-hydrogen) atoms. The molecule has 1 aromatic heterocycles. The molecule has 0 aliphatic carbocycles. The van der Waals surface area contributed by atoms with E-state index in [1.807, 2.05) is 19.1 Å². The summed E-state index contributed by atoms with van der Waals surface area (Å²) >= 11 is 0. The fourth-order valence-corrected chi connectivity index (χ4v) is 1.91. The van der Waals surface area contributed by atoms with Gasteiger partial charge < -0.3 is 9.32 Å². The van der Waals surface area contributed by atoms with E-state index in [9.17, 15) is 9.59 Å². The van der Waals surface area contributed by atoms with E-state index in [1.165, 1.54) is 4.90 Å². The smallest absolute Gasteiger partial charge is 0.344 e. The molecule has 0 saturated heterocycles. The standard InChI is InChI=1S/C15H14N2O3/c1-10-4-5-11-9-13(20-15(19)12(11)8-10)14(18)17(2)7-3-6-16/h4-5,8-9H,3,7H2,1-2H3. The maximum absolute atomic E-state index is 12.1. The summed E-state index contributed by atoms with van der Waals surface area (Å²) in [6, 6.07) is 8.91. The fraction of sp³-hybridized carbons (Fsp3) is 0.267. The first-order valence-corrected chi connectivity index (χ1v) is 6.20. The third-order valence-corrected chi connectivity index (χ3v) is 3.03. The fourth-order valence-electron chi connectivity index (χ4n) is 1.91. The minimum atomic E-state index is -0.525. The van der Waals surface area contributed by atoms with E-state index in [4.69, 9.17) is 9.68 Å². The van der Waals surface area contributed by atoms with Crippen molar-refractivity contribution >= 4 is 16.7 Å². The second-order valence-electron chi connectivity index (χ2n) is 4.62. The zero-order valence-corrected chi connectivity index (χ0v) is 11.3. The highest BCUT2D eigenvalue weighted by Gasteiger charge is 2.16. The minimum absolute atomic E-state index is 0.00760. The summed E-state index contributed by atoms with van der Waals surface area (Å²) in [4.78, 5) is 25.4. The van der Waals surface area contributed by atoms with Crippen molar-refractivity contribution in [3.05, 3.63) is 46.0 Å². The molecule has 0 atom stereocenters. The van der Waals surface area contributed by atoms with E-state index in [2.05, 4.69) is 0 Å². The molecule has 0 saturated carbocycles. The zero-order chi connectivity index (χ0) is 14.7. The molecule has 5 nitrogen and oxygen atoms in total. The highest BCUT2D eigenvalue weighted by atomic mass is 16.4. The summed E-state index contributed by atoms with van der Waals surface area (Å²) < 4.78 is 5.08. The molecule has 0 fully saturated rings. The van der Waals surface area contributed by atoms with Crippen LogP contribution in [0, 0.1) is 18.3 Å². The molecule has 2 aromatic rings. The van der Waals surface area contributed by atoms with E-state index in [0.29, 0.717) is 17.3 Å². The molecular formula is C15H14N2O3. The van der Waals surface area contributed by atoms with Crippen LogP contribution in [0.25, 0.3) is 10.8 Å². The van der Waals surface area contributed by atoms with Gasteiger partial charge in [-0.15, -0.1) is 0 Å². The van der Waals surface area contributed by atoms with E-state index >= 15 is 0 Å². The summed E-state index contributed by atoms with van der Waals surface area (Å²) in [5, 5.41) is 9.65. The van der Waals surface area contributed by atoms with Crippen LogP contribution in [0.1, 0.15) is 22.5 Å². The first-order chi connectivity index (χ1) is 9.52. The van der Waals surface area contributed by atoms with Gasteiger partial charge in [0.15, 0.2) is 5.76 Å². The molecule has 1 heterocycles. The molecule has 0 radical (unpaired) electrons. The number of nitrogens with zero attached hydrogens (tertiary/aromatic N) is 2. The van der Waals surface area contributed by atoms with Gasteiger partial charge in [0.25, 0.3) is 5.91 Å². The minimum Gasteiger partial charge on any atom is -0.417 e. The first-order valence-electron chi connectivity index (χ1n) is 6.20. The summed E-state index contributed by atoms with van der Waals surface area (Å²) in [5.74, 6) is -0.411. The van der Waals surface area contributed by atoms with Crippen molar-refractivity contribution in [3.8, 4) is 6.07 Å². The van der Waals surface area contributed by atoms with Gasteiger partial charge in [-0.25, -0.2) is 4.79 Å². The summed E-state index contributed by atoms with van der Waals surface area (Å²) in [5.41, 5.74) is 0.429. The Morgan fingerprint density at radius 2 is 2.15 bits per heavy atom. The topological polar surface area (TPSA) is 74.3 Å². The SMILES string of the molecule is Cc1ccc2cc(C(=O)N(C)CCC#N)oc(=O)c2c1. The molecule has 0 bridgehead atoms. The van der Waals surface area contributed by atoms with Gasteiger partial charge >= 0.3 is 5.63 Å². The molecular weight excluding hydrogens is 256 g/mol. The lowest BCUT2D eigenvalue weighted by Gasteiger charge is -2.14. The highest BCUT2D eigenvalue weighted by molar-refractivity contribution is 5.95. The highest BCUT2D eigenvalue weighted by Crippen LogP contribution is 2.15. The molecule has 5 heteroatoms. The van der Waals surface area contributed by atoms with Crippen LogP contribution in [0.5, 0.6) is 0 Å². The Bertz CT molecular complexity index is 756. The molecule has 0 N–H and O–H groups in total. The van der Waals surface area contributed by atoms with Gasteiger partial charge in [0.2, 0.25) is 0 Å². The lowest BCUT2D eigenvalue weighted by Crippen LogP contribution is -2.28. The Kier molecular flexibility index (Phi) is 3.85. The molecule has 1 amide bonds. The summed E-state index contributed by atoms with van der Waals surface area (Å²) in [6.07, 6.45) is 0.235. The quantitative estimate of drug-likeness (QED) is 0.855. The third-order valence-electron chi connectivity index (χ3n) is 3.03. The third kappa shape index (κ3) is 2.69. The van der Waals surface area contributed by atoms with E-state index in [0.717, 1.165) is 5.56 Å². The van der Waals surface area contributed by atoms with Crippen molar-refractivity contribution in [2.45, 2.75) is 13.3 Å². The van der Waals surface area contributed by atoms with Crippen LogP contribution in [0.4, 0.5) is 0 Å². The summed E-state index contributed by atoms with van der Waals surface area (Å²) in [6.45, 7) is 2.18. The van der Waals surface area contributed by atoms with Gasteiger partial charge in [-0.3, -0.25) is 4.79 Å². The number of carbonyl (C=O) groups is 1. The van der Waals surface area contributed by atoms with Crippen LogP contribution in [0.2, 0.25) is 0 Å². The lowest BCUT2D eigenvalue weighted by molar-refractivity contribution is 0.0762. The van der Waals surface area contributed by atoms with Crippen LogP contribution in [-0.4, -0.2) is 24.4 Å². The Labute approximate surface area is 116 Å². The van der Waals surface area contributed by atoms with E-state index in [1.54, 1.807) is 25.2 Å². The molecule has 0 aliphatic heterocycles. The number of nitriles is 1. The van der Waals surface area contributed by atoms with Gasteiger partial charge in [0.1, 0.15) is 0 Å². The van der Waals surface area contributed by atoms with Gasteiger partial charge in [-0.05, 0) is 24.4 Å². The number of fused-ring (bicyclic) bond motifs is 1. The van der Waals surface area contributed by atoms with E-state index < -0.39 is 11.5 Å². The maximum atomic E-state index is 12.1. The van der Waals surface area contributed by atoms with Gasteiger partial charge in [-0.2, -0.15) is 5.26 Å². The normalized spacial score (nSPS) is 10.2. The number of hydrogen-bond acceptors (Lipinski definition) is 4. The Hall–Kier alpha value is -2.61. The molecule has 2 rings (SSSR count). The first kappa shape index (κ1) is 13.8. The summed E-state index contributed by atoms with van der Waals surface area (Å²) in [7, 11) is 1.57. The number of hydrogen-bond donors (Lipinski definition) is 0. The maximum Gasteiger partial charge on any atom is 0.344 e. The number of carbonyl (C=O) groups excluding carboxylic acids is 1. The Balaban J connectivity index is 2.42. The largest absolute Gasteiger partial charge is 0.417 e. The monoisotopic (exact) mass is 270 g/mol. The average Bonchev–Trinajstić information content (AvgIpc) is 2.44. The molecule has 102 valence electrons. The van der Waals surface area contributed by atoms with Crippen molar-refractivity contribution in [2.75, 3.05) is 13.6 Å². The predicted octanol–water partition coefficient (Wildman–Crippen LogP) is 2.09. The van der Waals surface area contributed by atoms with Crippen LogP contribution in [0.3, 0.4) is 0 Å². The number of amides is 1. The lowest BCUT2D eigenvalue weighted by atomic mass is 10.1. The second-order valence-corrected chi connectivity index (χ2v) is 4.62. The zero-order valence-electron chi connectivity index (χ0n) is 11.3. The molecule has 0 unspecified atom stereocenters. The average molecular weight is 270 g/mol. The molecule has 0 aliphatic rings. The van der Waals surface area contributed by atoms with Gasteiger partial charge in [-0.1, -0.05) is 17.7 Å². The van der Waals surface area contributed by atoms with Crippen molar-refractivity contribution in [2.24, 2.45) is 0 Å². The van der Waals surface area contributed by atoms with Crippen molar-refractivity contribution < 1.29 is 9.21 Å². The van der Waals surface area contributed by atoms with Crippen LogP contribution < -0.4 is 5.63 Å².